The smallest absolute Gasteiger partial charge is 0.313 e. The Morgan fingerprint density at radius 2 is 2.21 bits per heavy atom. The van der Waals surface area contributed by atoms with Crippen molar-refractivity contribution in [3.05, 3.63) is 5.69 Å². The second-order valence-corrected chi connectivity index (χ2v) is 3.50. The summed E-state index contributed by atoms with van der Waals surface area (Å²) in [4.78, 5) is 0.816. The van der Waals surface area contributed by atoms with Gasteiger partial charge in [0.15, 0.2) is 0 Å². The second kappa shape index (κ2) is 3.70. The van der Waals surface area contributed by atoms with E-state index in [1.807, 2.05) is 0 Å². The lowest BCUT2D eigenvalue weighted by Crippen LogP contribution is -1.87. The van der Waals surface area contributed by atoms with E-state index in [0.29, 0.717) is 5.89 Å². The molecule has 0 unspecified atom stereocenters. The highest BCUT2D eigenvalue weighted by molar-refractivity contribution is 7.09. The van der Waals surface area contributed by atoms with Crippen molar-refractivity contribution in [2.45, 2.75) is 19.8 Å². The van der Waals surface area contributed by atoms with E-state index in [2.05, 4.69) is 26.7 Å². The molecule has 0 radical (unpaired) electrons. The number of aryl methyl sites for hydroxylation is 1. The first kappa shape index (κ1) is 9.07. The molecule has 0 saturated carbocycles. The number of hydrogen-bond acceptors (Lipinski definition) is 7. The van der Waals surface area contributed by atoms with Gasteiger partial charge in [-0.1, -0.05) is 22.9 Å². The van der Waals surface area contributed by atoms with Gasteiger partial charge in [0, 0.05) is 0 Å². The van der Waals surface area contributed by atoms with Gasteiger partial charge in [0.2, 0.25) is 0 Å². The van der Waals surface area contributed by atoms with Gasteiger partial charge >= 0.3 is 6.01 Å². The van der Waals surface area contributed by atoms with Gasteiger partial charge in [0.1, 0.15) is 4.88 Å². The third-order valence-electron chi connectivity index (χ3n) is 1.68. The third kappa shape index (κ3) is 1.58. The number of nitrogens with zero attached hydrogens (tertiary/aromatic N) is 4. The molecule has 0 amide bonds. The van der Waals surface area contributed by atoms with Crippen molar-refractivity contribution in [2.75, 3.05) is 5.73 Å². The van der Waals surface area contributed by atoms with Crippen molar-refractivity contribution in [1.29, 1.82) is 0 Å². The molecule has 0 saturated heterocycles. The number of rotatable bonds is 3. The molecule has 2 rings (SSSR count). The molecule has 0 spiro atoms. The maximum atomic E-state index is 5.33. The number of nitrogens with two attached hydrogens (primary N) is 1. The summed E-state index contributed by atoms with van der Waals surface area (Å²) in [6.45, 7) is 2.07. The highest BCUT2D eigenvalue weighted by Crippen LogP contribution is 2.25. The zero-order valence-electron chi connectivity index (χ0n) is 7.60. The molecule has 14 heavy (non-hydrogen) atoms. The van der Waals surface area contributed by atoms with E-state index in [1.54, 1.807) is 0 Å². The molecule has 0 bridgehead atoms. The standard InChI is InChI=1S/C7H9N5OS/c1-2-3-4-5(14-12-9-4)6-10-11-7(8)13-6/h2-3H2,1H3,(H2,8,11). The molecular weight excluding hydrogens is 202 g/mol. The van der Waals surface area contributed by atoms with Crippen LogP contribution in [0.15, 0.2) is 4.42 Å². The molecule has 74 valence electrons. The first-order chi connectivity index (χ1) is 6.81. The average Bonchev–Trinajstić information content (AvgIpc) is 2.74. The Hall–Kier alpha value is -1.50. The summed E-state index contributed by atoms with van der Waals surface area (Å²) in [5.41, 5.74) is 6.22. The van der Waals surface area contributed by atoms with Crippen LogP contribution in [0.2, 0.25) is 0 Å². The lowest BCUT2D eigenvalue weighted by molar-refractivity contribution is 0.590. The van der Waals surface area contributed by atoms with Crippen LogP contribution in [0, 0.1) is 0 Å². The van der Waals surface area contributed by atoms with Gasteiger partial charge in [-0.15, -0.1) is 10.2 Å². The largest absolute Gasteiger partial charge is 0.403 e. The summed E-state index contributed by atoms with van der Waals surface area (Å²) < 4.78 is 8.95. The van der Waals surface area contributed by atoms with Crippen molar-refractivity contribution in [3.63, 3.8) is 0 Å². The lowest BCUT2D eigenvalue weighted by Gasteiger charge is -1.92. The SMILES string of the molecule is CCCc1nnsc1-c1nnc(N)o1. The number of hydrogen-bond donors (Lipinski definition) is 1. The van der Waals surface area contributed by atoms with Crippen LogP contribution < -0.4 is 5.73 Å². The molecule has 0 fully saturated rings. The minimum atomic E-state index is 0.0656. The van der Waals surface area contributed by atoms with E-state index in [9.17, 15) is 0 Å². The molecule has 6 nitrogen and oxygen atoms in total. The fraction of sp³-hybridized carbons (Fsp3) is 0.429. The van der Waals surface area contributed by atoms with Gasteiger partial charge in [0.25, 0.3) is 5.89 Å². The maximum absolute atomic E-state index is 5.33. The van der Waals surface area contributed by atoms with Crippen LogP contribution >= 0.6 is 11.5 Å². The van der Waals surface area contributed by atoms with Crippen LogP contribution in [0.3, 0.4) is 0 Å². The Kier molecular flexibility index (Phi) is 2.40. The van der Waals surface area contributed by atoms with Crippen molar-refractivity contribution in [2.24, 2.45) is 0 Å². The highest BCUT2D eigenvalue weighted by Gasteiger charge is 2.15. The van der Waals surface area contributed by atoms with E-state index in [1.165, 1.54) is 11.5 Å². The zero-order chi connectivity index (χ0) is 9.97. The summed E-state index contributed by atoms with van der Waals surface area (Å²) in [7, 11) is 0. The van der Waals surface area contributed by atoms with Gasteiger partial charge in [0.05, 0.1) is 5.69 Å². The van der Waals surface area contributed by atoms with Crippen molar-refractivity contribution in [3.8, 4) is 10.8 Å². The summed E-state index contributed by atoms with van der Waals surface area (Å²) in [6, 6.07) is 0.0656. The fourth-order valence-corrected chi connectivity index (χ4v) is 1.73. The van der Waals surface area contributed by atoms with Gasteiger partial charge in [-0.3, -0.25) is 0 Å². The monoisotopic (exact) mass is 211 g/mol. The van der Waals surface area contributed by atoms with E-state index in [-0.39, 0.29) is 6.01 Å². The van der Waals surface area contributed by atoms with Gasteiger partial charge in [-0.25, -0.2) is 0 Å². The molecule has 2 heterocycles. The Morgan fingerprint density at radius 3 is 2.86 bits per heavy atom. The fourth-order valence-electron chi connectivity index (χ4n) is 1.10. The molecule has 0 aliphatic heterocycles. The average molecular weight is 211 g/mol. The number of anilines is 1. The first-order valence-electron chi connectivity index (χ1n) is 4.22. The Balaban J connectivity index is 2.36. The van der Waals surface area contributed by atoms with Crippen molar-refractivity contribution in [1.82, 2.24) is 19.8 Å². The zero-order valence-corrected chi connectivity index (χ0v) is 8.41. The minimum Gasteiger partial charge on any atom is -0.403 e. The first-order valence-corrected chi connectivity index (χ1v) is 4.99. The Bertz CT molecular complexity index is 423. The molecule has 2 N–H and O–H groups in total. The number of aromatic nitrogens is 4. The predicted molar refractivity (Wildman–Crippen MR) is 51.6 cm³/mol. The lowest BCUT2D eigenvalue weighted by atomic mass is 10.2. The predicted octanol–water partition coefficient (Wildman–Crippen LogP) is 1.12. The minimum absolute atomic E-state index is 0.0656. The number of nitrogen functional groups attached to an aromatic ring is 1. The molecule has 7 heteroatoms. The van der Waals surface area contributed by atoms with Gasteiger partial charge in [-0.05, 0) is 18.0 Å². The van der Waals surface area contributed by atoms with Crippen LogP contribution in [0.25, 0.3) is 10.8 Å². The second-order valence-electron chi connectivity index (χ2n) is 2.74. The molecule has 2 aromatic rings. The molecular formula is C7H9N5OS. The van der Waals surface area contributed by atoms with Crippen LogP contribution in [0.4, 0.5) is 6.01 Å². The van der Waals surface area contributed by atoms with Crippen LogP contribution in [-0.2, 0) is 6.42 Å². The highest BCUT2D eigenvalue weighted by atomic mass is 32.1. The van der Waals surface area contributed by atoms with Crippen LogP contribution in [-0.4, -0.2) is 19.8 Å². The van der Waals surface area contributed by atoms with E-state index in [4.69, 9.17) is 10.2 Å². The quantitative estimate of drug-likeness (QED) is 0.818. The summed E-state index contributed by atoms with van der Waals surface area (Å²) in [6.07, 6.45) is 1.86. The maximum Gasteiger partial charge on any atom is 0.313 e. The van der Waals surface area contributed by atoms with Crippen LogP contribution in [0.5, 0.6) is 0 Å². The van der Waals surface area contributed by atoms with E-state index in [0.717, 1.165) is 23.4 Å². The summed E-state index contributed by atoms with van der Waals surface area (Å²) in [5, 5.41) is 11.4. The topological polar surface area (TPSA) is 90.7 Å². The van der Waals surface area contributed by atoms with E-state index >= 15 is 0 Å². The van der Waals surface area contributed by atoms with Crippen molar-refractivity contribution < 1.29 is 4.42 Å². The third-order valence-corrected chi connectivity index (χ3v) is 2.43. The normalized spacial score (nSPS) is 10.6. The Morgan fingerprint density at radius 1 is 1.36 bits per heavy atom. The molecule has 0 atom stereocenters. The molecule has 0 aromatic carbocycles. The van der Waals surface area contributed by atoms with E-state index < -0.39 is 0 Å². The van der Waals surface area contributed by atoms with Crippen LogP contribution in [0.1, 0.15) is 19.0 Å². The Labute approximate surface area is 84.3 Å². The molecule has 0 aliphatic rings. The molecule has 2 aromatic heterocycles. The van der Waals surface area contributed by atoms with Gasteiger partial charge in [-0.2, -0.15) is 0 Å². The van der Waals surface area contributed by atoms with Crippen molar-refractivity contribution >= 4 is 17.5 Å². The van der Waals surface area contributed by atoms with Gasteiger partial charge < -0.3 is 10.2 Å². The summed E-state index contributed by atoms with van der Waals surface area (Å²) in [5.74, 6) is 0.404. The molecule has 0 aliphatic carbocycles. The summed E-state index contributed by atoms with van der Waals surface area (Å²) >= 11 is 1.24.